The molecule has 32 heavy (non-hydrogen) atoms. The van der Waals surface area contributed by atoms with E-state index in [0.29, 0.717) is 0 Å². The summed E-state index contributed by atoms with van der Waals surface area (Å²) >= 11 is 5.78. The first kappa shape index (κ1) is 22.2. The third-order valence-electron chi connectivity index (χ3n) is 5.01. The third kappa shape index (κ3) is 3.34. The maximum Gasteiger partial charge on any atom is 0.457 e. The molecule has 0 aliphatic carbocycles. The highest BCUT2D eigenvalue weighted by molar-refractivity contribution is 6.31. The largest absolute Gasteiger partial charge is 0.466 e. The minimum Gasteiger partial charge on any atom is -0.466 e. The van der Waals surface area contributed by atoms with Crippen molar-refractivity contribution < 1.29 is 40.3 Å². The van der Waals surface area contributed by atoms with Gasteiger partial charge in [0.15, 0.2) is 0 Å². The number of amides is 1. The van der Waals surface area contributed by atoms with Gasteiger partial charge in [-0.05, 0) is 47.5 Å². The second-order valence-corrected chi connectivity index (χ2v) is 7.36. The van der Waals surface area contributed by atoms with Crippen molar-refractivity contribution in [2.75, 3.05) is 11.9 Å². The lowest BCUT2D eigenvalue weighted by molar-refractivity contribution is -0.345. The molecule has 2 aromatic carbocycles. The summed E-state index contributed by atoms with van der Waals surface area (Å²) < 4.78 is 94.8. The second-order valence-electron chi connectivity index (χ2n) is 6.96. The molecule has 11 heteroatoms. The Bertz CT molecular complexity index is 1180. The summed E-state index contributed by atoms with van der Waals surface area (Å²) in [4.78, 5) is 12.1. The van der Waals surface area contributed by atoms with Crippen LogP contribution in [-0.4, -0.2) is 24.6 Å². The van der Waals surface area contributed by atoms with Gasteiger partial charge in [0.05, 0.1) is 11.3 Å². The van der Waals surface area contributed by atoms with Crippen molar-refractivity contribution in [1.29, 1.82) is 0 Å². The molecule has 2 heterocycles. The summed E-state index contributed by atoms with van der Waals surface area (Å²) in [7, 11) is 0. The van der Waals surface area contributed by atoms with E-state index in [2.05, 4.69) is 5.32 Å². The molecule has 1 unspecified atom stereocenters. The number of hydrogen-bond acceptors (Lipinski definition) is 3. The molecule has 0 radical (unpaired) electrons. The molecule has 1 aliphatic heterocycles. The average Bonchev–Trinajstić information content (AvgIpc) is 3.20. The van der Waals surface area contributed by atoms with Crippen LogP contribution in [0.15, 0.2) is 59.2 Å². The number of fused-ring (bicyclic) bond motifs is 1. The Hall–Kier alpha value is -2.98. The molecule has 1 aromatic heterocycles. The molecule has 4 nitrogen and oxygen atoms in total. The Labute approximate surface area is 181 Å². The topological polar surface area (TPSA) is 51.5 Å². The predicted octanol–water partition coefficient (Wildman–Crippen LogP) is 6.15. The Morgan fingerprint density at radius 2 is 1.69 bits per heavy atom. The van der Waals surface area contributed by atoms with E-state index >= 15 is 8.78 Å². The van der Waals surface area contributed by atoms with E-state index in [4.69, 9.17) is 20.8 Å². The predicted molar refractivity (Wildman–Crippen MR) is 102 cm³/mol. The highest BCUT2D eigenvalue weighted by atomic mass is 35.5. The number of alkyl halides is 5. The normalized spacial score (nSPS) is 19.3. The fourth-order valence-corrected chi connectivity index (χ4v) is 3.72. The second kappa shape index (κ2) is 7.56. The number of furan rings is 1. The number of carbonyl (C=O) groups excluding carboxylic acids is 1. The number of anilines is 1. The van der Waals surface area contributed by atoms with Crippen LogP contribution in [0.4, 0.5) is 32.0 Å². The van der Waals surface area contributed by atoms with Gasteiger partial charge < -0.3 is 14.5 Å². The van der Waals surface area contributed by atoms with Gasteiger partial charge in [-0.15, -0.1) is 0 Å². The van der Waals surface area contributed by atoms with Crippen LogP contribution in [0.3, 0.4) is 0 Å². The number of benzene rings is 2. The van der Waals surface area contributed by atoms with Crippen molar-refractivity contribution in [3.05, 3.63) is 77.0 Å². The van der Waals surface area contributed by atoms with Gasteiger partial charge in [-0.1, -0.05) is 23.7 Å². The van der Waals surface area contributed by atoms with Gasteiger partial charge >= 0.3 is 12.1 Å². The fraction of sp³-hybridized carbons (Fsp3) is 0.190. The lowest BCUT2D eigenvalue weighted by Gasteiger charge is -2.39. The average molecular weight is 476 g/mol. The SMILES string of the molecule is O=C1COC(c2ccco2)(C(F)(F)C(F)(F)F)c2cc(-c3ccc(F)c(Cl)c3)ccc2N1. The van der Waals surface area contributed by atoms with Crippen molar-refractivity contribution in [2.24, 2.45) is 0 Å². The van der Waals surface area contributed by atoms with Gasteiger partial charge in [0.25, 0.3) is 0 Å². The molecule has 1 atom stereocenters. The molecule has 0 saturated carbocycles. The molecule has 3 aromatic rings. The summed E-state index contributed by atoms with van der Waals surface area (Å²) in [6.07, 6.45) is -5.16. The molecule has 4 rings (SSSR count). The molecule has 1 amide bonds. The molecular formula is C21H12ClF6NO3. The zero-order valence-electron chi connectivity index (χ0n) is 15.8. The van der Waals surface area contributed by atoms with Crippen LogP contribution in [0.2, 0.25) is 5.02 Å². The van der Waals surface area contributed by atoms with Gasteiger partial charge in [0.1, 0.15) is 18.2 Å². The Morgan fingerprint density at radius 1 is 1.00 bits per heavy atom. The van der Waals surface area contributed by atoms with E-state index in [1.807, 2.05) is 0 Å². The molecule has 0 saturated heterocycles. The zero-order valence-corrected chi connectivity index (χ0v) is 16.5. The van der Waals surface area contributed by atoms with Crippen molar-refractivity contribution in [3.63, 3.8) is 0 Å². The van der Waals surface area contributed by atoms with E-state index < -0.39 is 47.4 Å². The number of carbonyl (C=O) groups is 1. The summed E-state index contributed by atoms with van der Waals surface area (Å²) in [5, 5.41) is 1.99. The molecule has 0 fully saturated rings. The number of nitrogens with one attached hydrogen (secondary N) is 1. The number of ether oxygens (including phenoxy) is 1. The van der Waals surface area contributed by atoms with Crippen LogP contribution >= 0.6 is 11.6 Å². The van der Waals surface area contributed by atoms with Gasteiger partial charge in [0, 0.05) is 11.3 Å². The summed E-state index contributed by atoms with van der Waals surface area (Å²) in [5.41, 5.74) is -4.19. The highest BCUT2D eigenvalue weighted by Crippen LogP contribution is 2.56. The van der Waals surface area contributed by atoms with E-state index in [0.717, 1.165) is 36.6 Å². The van der Waals surface area contributed by atoms with Crippen LogP contribution < -0.4 is 5.32 Å². The lowest BCUT2D eigenvalue weighted by atomic mass is 9.81. The third-order valence-corrected chi connectivity index (χ3v) is 5.30. The van der Waals surface area contributed by atoms with Crippen LogP contribution in [-0.2, 0) is 15.1 Å². The van der Waals surface area contributed by atoms with Crippen molar-refractivity contribution in [1.82, 2.24) is 0 Å². The van der Waals surface area contributed by atoms with Gasteiger partial charge in [0.2, 0.25) is 11.5 Å². The monoisotopic (exact) mass is 475 g/mol. The molecule has 0 spiro atoms. The molecule has 1 N–H and O–H groups in total. The molecule has 0 bridgehead atoms. The minimum absolute atomic E-state index is 0.124. The summed E-state index contributed by atoms with van der Waals surface area (Å²) in [5.74, 6) is -8.05. The van der Waals surface area contributed by atoms with Crippen molar-refractivity contribution in [3.8, 4) is 11.1 Å². The molecule has 168 valence electrons. The maximum absolute atomic E-state index is 15.2. The lowest BCUT2D eigenvalue weighted by Crippen LogP contribution is -2.57. The zero-order chi connectivity index (χ0) is 23.3. The van der Waals surface area contributed by atoms with Gasteiger partial charge in [-0.25, -0.2) is 4.39 Å². The molecule has 1 aliphatic rings. The van der Waals surface area contributed by atoms with Crippen molar-refractivity contribution in [2.45, 2.75) is 17.7 Å². The van der Waals surface area contributed by atoms with Crippen LogP contribution in [0.1, 0.15) is 11.3 Å². The quantitative estimate of drug-likeness (QED) is 0.462. The number of hydrogen-bond donors (Lipinski definition) is 1. The van der Waals surface area contributed by atoms with Crippen LogP contribution in [0, 0.1) is 5.82 Å². The van der Waals surface area contributed by atoms with Crippen LogP contribution in [0.25, 0.3) is 11.1 Å². The number of halogens is 7. The van der Waals surface area contributed by atoms with E-state index in [1.165, 1.54) is 18.2 Å². The Morgan fingerprint density at radius 3 is 2.31 bits per heavy atom. The molecular weight excluding hydrogens is 464 g/mol. The van der Waals surface area contributed by atoms with Crippen molar-refractivity contribution >= 4 is 23.2 Å². The standard InChI is InChI=1S/C21H12ClF6NO3/c22-14-9-12(3-5-15(14)23)11-4-6-16-13(8-11)19(17-2-1-7-31-17,32-10-18(30)29-16)20(24,25)21(26,27)28/h1-9H,10H2,(H,29,30). The van der Waals surface area contributed by atoms with E-state index in [9.17, 15) is 22.4 Å². The van der Waals surface area contributed by atoms with E-state index in [-0.39, 0.29) is 21.8 Å². The van der Waals surface area contributed by atoms with Gasteiger partial charge in [-0.3, -0.25) is 4.79 Å². The first-order valence-corrected chi connectivity index (χ1v) is 9.37. The smallest absolute Gasteiger partial charge is 0.457 e. The highest BCUT2D eigenvalue weighted by Gasteiger charge is 2.74. The van der Waals surface area contributed by atoms with Crippen LogP contribution in [0.5, 0.6) is 0 Å². The Kier molecular flexibility index (Phi) is 5.25. The summed E-state index contributed by atoms with van der Waals surface area (Å²) in [6.45, 7) is -1.10. The fourth-order valence-electron chi connectivity index (χ4n) is 3.53. The van der Waals surface area contributed by atoms with E-state index in [1.54, 1.807) is 0 Å². The number of rotatable bonds is 3. The minimum atomic E-state index is -6.07. The first-order chi connectivity index (χ1) is 15.0. The van der Waals surface area contributed by atoms with Gasteiger partial charge in [-0.2, -0.15) is 22.0 Å². The maximum atomic E-state index is 15.2. The summed E-state index contributed by atoms with van der Waals surface area (Å²) in [6, 6.07) is 9.00. The first-order valence-electron chi connectivity index (χ1n) is 8.99. The Balaban J connectivity index is 2.05.